The van der Waals surface area contributed by atoms with Crippen LogP contribution in [-0.4, -0.2) is 47.6 Å². The molecule has 1 N–H and O–H groups in total. The Kier molecular flexibility index (Phi) is 7.47. The van der Waals surface area contributed by atoms with Crippen LogP contribution in [0.1, 0.15) is 44.4 Å². The van der Waals surface area contributed by atoms with Gasteiger partial charge in [-0.15, -0.1) is 0 Å². The molecule has 1 unspecified atom stereocenters. The molecule has 3 rings (SSSR count). The minimum atomic E-state index is -0.676. The van der Waals surface area contributed by atoms with E-state index < -0.39 is 17.7 Å². The summed E-state index contributed by atoms with van der Waals surface area (Å²) in [5.41, 5.74) is 1.34. The maximum atomic E-state index is 13.0. The zero-order chi connectivity index (χ0) is 22.4. The fraction of sp³-hybridized carbons (Fsp3) is 0.360. The number of carbonyl (C=O) groups is 2. The van der Waals surface area contributed by atoms with E-state index in [-0.39, 0.29) is 17.4 Å². The minimum absolute atomic E-state index is 0.0930. The molecule has 6 nitrogen and oxygen atoms in total. The van der Waals surface area contributed by atoms with Crippen molar-refractivity contribution in [3.05, 3.63) is 71.3 Å². The maximum absolute atomic E-state index is 13.0. The highest BCUT2D eigenvalue weighted by atomic mass is 16.5. The lowest BCUT2D eigenvalue weighted by Crippen LogP contribution is -2.31. The van der Waals surface area contributed by atoms with Crippen LogP contribution < -0.4 is 4.74 Å². The molecule has 1 saturated heterocycles. The number of nitrogens with zero attached hydrogens (tertiary/aromatic N) is 1. The standard InChI is InChI=1S/C25H29NO5/c1-4-30-20-13-11-18(12-14-20)22-21(23(27)19-9-6-5-7-10-19)24(28)25(29)26(22)15-8-16-31-17(2)3/h5-7,9-14,17,22,27H,4,8,15-16H2,1-3H3/b23-21+. The number of hydrogen-bond donors (Lipinski definition) is 1. The summed E-state index contributed by atoms with van der Waals surface area (Å²) in [6, 6.07) is 15.4. The second-order valence-corrected chi connectivity index (χ2v) is 7.63. The first-order valence-corrected chi connectivity index (χ1v) is 10.6. The maximum Gasteiger partial charge on any atom is 0.295 e. The molecule has 0 spiro atoms. The summed E-state index contributed by atoms with van der Waals surface area (Å²) in [6.45, 7) is 7.18. The van der Waals surface area contributed by atoms with Crippen LogP contribution in [0.15, 0.2) is 60.2 Å². The molecule has 6 heteroatoms. The minimum Gasteiger partial charge on any atom is -0.507 e. The third kappa shape index (κ3) is 5.14. The SMILES string of the molecule is CCOc1ccc(C2/C(=C(\O)c3ccccc3)C(=O)C(=O)N2CCCOC(C)C)cc1. The van der Waals surface area contributed by atoms with Crippen LogP contribution in [0.25, 0.3) is 5.76 Å². The number of aliphatic hydroxyl groups is 1. The second-order valence-electron chi connectivity index (χ2n) is 7.63. The monoisotopic (exact) mass is 423 g/mol. The lowest BCUT2D eigenvalue weighted by molar-refractivity contribution is -0.140. The van der Waals surface area contributed by atoms with Crippen molar-refractivity contribution < 1.29 is 24.2 Å². The summed E-state index contributed by atoms with van der Waals surface area (Å²) in [5.74, 6) is -0.749. The van der Waals surface area contributed by atoms with Crippen LogP contribution in [-0.2, 0) is 14.3 Å². The third-order valence-electron chi connectivity index (χ3n) is 5.09. The molecule has 1 fully saturated rings. The van der Waals surface area contributed by atoms with Gasteiger partial charge in [-0.05, 0) is 44.9 Å². The summed E-state index contributed by atoms with van der Waals surface area (Å²) in [5, 5.41) is 11.0. The molecular weight excluding hydrogens is 394 g/mol. The summed E-state index contributed by atoms with van der Waals surface area (Å²) >= 11 is 0. The van der Waals surface area contributed by atoms with Gasteiger partial charge in [0.1, 0.15) is 11.5 Å². The van der Waals surface area contributed by atoms with E-state index in [1.54, 1.807) is 24.3 Å². The van der Waals surface area contributed by atoms with Gasteiger partial charge in [0, 0.05) is 18.7 Å². The summed E-state index contributed by atoms with van der Waals surface area (Å²) in [4.78, 5) is 27.4. The number of hydrogen-bond acceptors (Lipinski definition) is 5. The van der Waals surface area contributed by atoms with Crippen LogP contribution in [0, 0.1) is 0 Å². The van der Waals surface area contributed by atoms with Crippen LogP contribution in [0.3, 0.4) is 0 Å². The van der Waals surface area contributed by atoms with Gasteiger partial charge in [-0.1, -0.05) is 42.5 Å². The Labute approximate surface area is 183 Å². The first kappa shape index (κ1) is 22.6. The van der Waals surface area contributed by atoms with E-state index in [0.717, 1.165) is 5.56 Å². The molecule has 2 aromatic carbocycles. The van der Waals surface area contributed by atoms with Gasteiger partial charge in [0.05, 0.1) is 24.3 Å². The van der Waals surface area contributed by atoms with Gasteiger partial charge in [0.15, 0.2) is 0 Å². The van der Waals surface area contributed by atoms with Crippen LogP contribution in [0.2, 0.25) is 0 Å². The van der Waals surface area contributed by atoms with Crippen molar-refractivity contribution in [1.82, 2.24) is 4.90 Å². The molecule has 0 aliphatic carbocycles. The average molecular weight is 424 g/mol. The Morgan fingerprint density at radius 2 is 1.74 bits per heavy atom. The molecule has 31 heavy (non-hydrogen) atoms. The van der Waals surface area contributed by atoms with E-state index in [2.05, 4.69) is 0 Å². The Hall–Kier alpha value is -3.12. The number of ether oxygens (including phenoxy) is 2. The lowest BCUT2D eigenvalue weighted by Gasteiger charge is -2.25. The predicted octanol–water partition coefficient (Wildman–Crippen LogP) is 4.32. The summed E-state index contributed by atoms with van der Waals surface area (Å²) < 4.78 is 11.1. The Bertz CT molecular complexity index is 934. The van der Waals surface area contributed by atoms with E-state index in [9.17, 15) is 14.7 Å². The first-order chi connectivity index (χ1) is 14.9. The van der Waals surface area contributed by atoms with Gasteiger partial charge in [-0.3, -0.25) is 9.59 Å². The molecule has 0 radical (unpaired) electrons. The number of aliphatic hydroxyl groups excluding tert-OH is 1. The van der Waals surface area contributed by atoms with Crippen molar-refractivity contribution in [3.63, 3.8) is 0 Å². The van der Waals surface area contributed by atoms with E-state index in [1.807, 2.05) is 51.1 Å². The molecule has 0 bridgehead atoms. The molecule has 0 aromatic heterocycles. The normalized spacial score (nSPS) is 18.1. The number of amides is 1. The molecule has 1 atom stereocenters. The van der Waals surface area contributed by atoms with Gasteiger partial charge < -0.3 is 19.5 Å². The van der Waals surface area contributed by atoms with Crippen LogP contribution in [0.4, 0.5) is 0 Å². The van der Waals surface area contributed by atoms with Crippen LogP contribution >= 0.6 is 0 Å². The smallest absolute Gasteiger partial charge is 0.295 e. The van der Waals surface area contributed by atoms with Gasteiger partial charge in [0.25, 0.3) is 11.7 Å². The number of Topliss-reactive ketones (excluding diaryl/α,β-unsaturated/α-hetero) is 1. The van der Waals surface area contributed by atoms with Crippen molar-refractivity contribution in [1.29, 1.82) is 0 Å². The zero-order valence-corrected chi connectivity index (χ0v) is 18.2. The second kappa shape index (κ2) is 10.3. The van der Waals surface area contributed by atoms with Gasteiger partial charge in [-0.2, -0.15) is 0 Å². The molecule has 164 valence electrons. The predicted molar refractivity (Wildman–Crippen MR) is 119 cm³/mol. The van der Waals surface area contributed by atoms with Gasteiger partial charge in [-0.25, -0.2) is 0 Å². The van der Waals surface area contributed by atoms with Crippen molar-refractivity contribution in [2.75, 3.05) is 19.8 Å². The fourth-order valence-corrected chi connectivity index (χ4v) is 3.68. The number of carbonyl (C=O) groups excluding carboxylic acids is 2. The van der Waals surface area contributed by atoms with Gasteiger partial charge >= 0.3 is 0 Å². The Balaban J connectivity index is 1.99. The van der Waals surface area contributed by atoms with E-state index in [4.69, 9.17) is 9.47 Å². The molecule has 2 aromatic rings. The van der Waals surface area contributed by atoms with E-state index in [1.165, 1.54) is 4.90 Å². The van der Waals surface area contributed by atoms with Crippen LogP contribution in [0.5, 0.6) is 5.75 Å². The highest BCUT2D eigenvalue weighted by Gasteiger charge is 2.45. The number of ketones is 1. The van der Waals surface area contributed by atoms with Crippen molar-refractivity contribution in [3.8, 4) is 5.75 Å². The zero-order valence-electron chi connectivity index (χ0n) is 18.2. The quantitative estimate of drug-likeness (QED) is 0.281. The first-order valence-electron chi connectivity index (χ1n) is 10.6. The highest BCUT2D eigenvalue weighted by Crippen LogP contribution is 2.39. The van der Waals surface area contributed by atoms with E-state index >= 15 is 0 Å². The van der Waals surface area contributed by atoms with Gasteiger partial charge in [0.2, 0.25) is 0 Å². The van der Waals surface area contributed by atoms with Crippen molar-refractivity contribution in [2.45, 2.75) is 39.3 Å². The summed E-state index contributed by atoms with van der Waals surface area (Å²) in [7, 11) is 0. The molecule has 1 heterocycles. The number of likely N-dealkylation sites (tertiary alicyclic amines) is 1. The average Bonchev–Trinajstić information content (AvgIpc) is 3.02. The molecule has 0 saturated carbocycles. The van der Waals surface area contributed by atoms with Crippen molar-refractivity contribution >= 4 is 17.4 Å². The highest BCUT2D eigenvalue weighted by molar-refractivity contribution is 6.46. The fourth-order valence-electron chi connectivity index (χ4n) is 3.68. The topological polar surface area (TPSA) is 76.1 Å². The third-order valence-corrected chi connectivity index (χ3v) is 5.09. The lowest BCUT2D eigenvalue weighted by atomic mass is 9.95. The van der Waals surface area contributed by atoms with Crippen molar-refractivity contribution in [2.24, 2.45) is 0 Å². The molecular formula is C25H29NO5. The van der Waals surface area contributed by atoms with E-state index in [0.29, 0.717) is 37.5 Å². The Morgan fingerprint density at radius 1 is 1.06 bits per heavy atom. The number of rotatable bonds is 9. The summed E-state index contributed by atoms with van der Waals surface area (Å²) in [6.07, 6.45) is 0.680. The largest absolute Gasteiger partial charge is 0.507 e. The molecule has 1 amide bonds. The molecule has 1 aliphatic rings. The molecule has 1 aliphatic heterocycles. The number of benzene rings is 2. The Morgan fingerprint density at radius 3 is 2.35 bits per heavy atom.